The number of hydrogen-bond acceptors (Lipinski definition) is 7. The first-order valence-electron chi connectivity index (χ1n) is 8.24. The zero-order valence-corrected chi connectivity index (χ0v) is 15.9. The molecule has 10 heteroatoms. The molecule has 1 aromatic heterocycles. The molecule has 0 saturated carbocycles. The van der Waals surface area contributed by atoms with Gasteiger partial charge in [-0.25, -0.2) is 5.10 Å². The number of aromatic hydroxyl groups is 1. The van der Waals surface area contributed by atoms with Gasteiger partial charge < -0.3 is 9.84 Å². The molecule has 0 saturated heterocycles. The van der Waals surface area contributed by atoms with Crippen LogP contribution in [0.25, 0.3) is 0 Å². The molecule has 3 aromatic rings. The van der Waals surface area contributed by atoms with Crippen LogP contribution in [-0.4, -0.2) is 31.1 Å². The minimum atomic E-state index is -0.667. The summed E-state index contributed by atoms with van der Waals surface area (Å²) in [4.78, 5) is 10.3. The van der Waals surface area contributed by atoms with Gasteiger partial charge in [0, 0.05) is 11.6 Å². The first kappa shape index (κ1) is 19.2. The van der Waals surface area contributed by atoms with Crippen molar-refractivity contribution in [2.45, 2.75) is 20.5 Å². The van der Waals surface area contributed by atoms with Crippen molar-refractivity contribution >= 4 is 24.1 Å². The number of benzene rings is 2. The molecule has 0 aliphatic heterocycles. The number of aromatic amines is 1. The number of aryl methyl sites for hydroxylation is 2. The first-order chi connectivity index (χ1) is 13.4. The quantitative estimate of drug-likeness (QED) is 0.283. The van der Waals surface area contributed by atoms with Crippen molar-refractivity contribution in [2.24, 2.45) is 5.10 Å². The number of phenols is 1. The summed E-state index contributed by atoms with van der Waals surface area (Å²) in [7, 11) is 0. The summed E-state index contributed by atoms with van der Waals surface area (Å²) in [5.74, 6) is 0.794. The Balaban J connectivity index is 1.84. The molecule has 0 spiro atoms. The van der Waals surface area contributed by atoms with Gasteiger partial charge in [-0.1, -0.05) is 18.2 Å². The van der Waals surface area contributed by atoms with E-state index in [0.29, 0.717) is 11.4 Å². The van der Waals surface area contributed by atoms with Gasteiger partial charge in [-0.05, 0) is 49.3 Å². The van der Waals surface area contributed by atoms with E-state index >= 15 is 0 Å². The van der Waals surface area contributed by atoms with Crippen LogP contribution in [0.3, 0.4) is 0 Å². The van der Waals surface area contributed by atoms with Crippen LogP contribution in [0.2, 0.25) is 0 Å². The molecule has 2 N–H and O–H groups in total. The number of phenolic OH excluding ortho intramolecular Hbond substituents is 1. The average Bonchev–Trinajstić information content (AvgIpc) is 3.00. The van der Waals surface area contributed by atoms with Crippen molar-refractivity contribution in [3.05, 3.63) is 73.8 Å². The molecule has 3 rings (SSSR count). The largest absolute Gasteiger partial charge is 0.502 e. The lowest BCUT2D eigenvalue weighted by Gasteiger charge is -2.11. The number of ether oxygens (including phenoxy) is 1. The van der Waals surface area contributed by atoms with Crippen LogP contribution in [0.5, 0.6) is 11.5 Å². The van der Waals surface area contributed by atoms with Gasteiger partial charge in [0.1, 0.15) is 12.4 Å². The molecule has 0 fully saturated rings. The number of nitro benzene ring substituents is 1. The monoisotopic (exact) mass is 399 g/mol. The fraction of sp³-hybridized carbons (Fsp3) is 0.167. The Bertz CT molecular complexity index is 1100. The molecule has 0 aliphatic carbocycles. The fourth-order valence-electron chi connectivity index (χ4n) is 2.59. The maximum absolute atomic E-state index is 10.9. The minimum Gasteiger partial charge on any atom is -0.502 e. The standard InChI is InChI=1S/C18H17N5O4S/c1-11-4-3-5-12(2)17(11)27-10-16-20-21-18(28)22(16)19-9-13-6-7-15(24)14(8-13)23(25)26/h3-9,24H,10H2,1-2H3,(H,21,28)/b19-9+. The third kappa shape index (κ3) is 4.07. The molecule has 0 amide bonds. The second-order valence-corrected chi connectivity index (χ2v) is 6.40. The SMILES string of the molecule is Cc1cccc(C)c1OCc1n[nH]c(=S)n1/N=C/c1ccc(O)c([N+](=O)[O-])c1. The maximum atomic E-state index is 10.9. The molecule has 0 bridgehead atoms. The van der Waals surface area contributed by atoms with Gasteiger partial charge in [0.25, 0.3) is 0 Å². The molecule has 0 aliphatic rings. The van der Waals surface area contributed by atoms with E-state index in [1.807, 2.05) is 32.0 Å². The molecular formula is C18H17N5O4S. The number of hydrogen-bond donors (Lipinski definition) is 2. The highest BCUT2D eigenvalue weighted by atomic mass is 32.1. The lowest BCUT2D eigenvalue weighted by atomic mass is 10.1. The van der Waals surface area contributed by atoms with E-state index in [0.717, 1.165) is 16.9 Å². The van der Waals surface area contributed by atoms with E-state index in [2.05, 4.69) is 15.3 Å². The van der Waals surface area contributed by atoms with Crippen molar-refractivity contribution in [3.63, 3.8) is 0 Å². The van der Waals surface area contributed by atoms with Gasteiger partial charge in [0.2, 0.25) is 4.77 Å². The summed E-state index contributed by atoms with van der Waals surface area (Å²) in [5, 5.41) is 31.5. The Morgan fingerprint density at radius 1 is 1.36 bits per heavy atom. The Morgan fingerprint density at radius 3 is 2.75 bits per heavy atom. The molecule has 0 atom stereocenters. The summed E-state index contributed by atoms with van der Waals surface area (Å²) in [6, 6.07) is 9.82. The van der Waals surface area contributed by atoms with Crippen LogP contribution in [-0.2, 0) is 6.61 Å². The van der Waals surface area contributed by atoms with Gasteiger partial charge in [-0.15, -0.1) is 0 Å². The summed E-state index contributed by atoms with van der Waals surface area (Å²) in [6.07, 6.45) is 1.39. The van der Waals surface area contributed by atoms with Gasteiger partial charge in [0.05, 0.1) is 11.1 Å². The number of rotatable bonds is 6. The van der Waals surface area contributed by atoms with Gasteiger partial charge in [-0.2, -0.15) is 14.9 Å². The highest BCUT2D eigenvalue weighted by molar-refractivity contribution is 7.71. The van der Waals surface area contributed by atoms with E-state index in [-0.39, 0.29) is 11.4 Å². The lowest BCUT2D eigenvalue weighted by molar-refractivity contribution is -0.385. The molecule has 28 heavy (non-hydrogen) atoms. The topological polar surface area (TPSA) is 119 Å². The van der Waals surface area contributed by atoms with Crippen LogP contribution in [0.1, 0.15) is 22.5 Å². The molecule has 9 nitrogen and oxygen atoms in total. The van der Waals surface area contributed by atoms with E-state index in [4.69, 9.17) is 17.0 Å². The number of H-pyrrole nitrogens is 1. The van der Waals surface area contributed by atoms with Gasteiger partial charge in [-0.3, -0.25) is 10.1 Å². The summed E-state index contributed by atoms with van der Waals surface area (Å²) < 4.78 is 7.51. The summed E-state index contributed by atoms with van der Waals surface area (Å²) >= 11 is 5.19. The van der Waals surface area contributed by atoms with Gasteiger partial charge in [0.15, 0.2) is 11.6 Å². The molecule has 144 valence electrons. The van der Waals surface area contributed by atoms with E-state index < -0.39 is 16.4 Å². The maximum Gasteiger partial charge on any atom is 0.311 e. The molecular weight excluding hydrogens is 382 g/mol. The number of nitro groups is 1. The van der Waals surface area contributed by atoms with Crippen LogP contribution in [0.15, 0.2) is 41.5 Å². The predicted molar refractivity (Wildman–Crippen MR) is 105 cm³/mol. The third-order valence-corrected chi connectivity index (χ3v) is 4.25. The Morgan fingerprint density at radius 2 is 2.07 bits per heavy atom. The van der Waals surface area contributed by atoms with Crippen molar-refractivity contribution in [2.75, 3.05) is 0 Å². The van der Waals surface area contributed by atoms with Crippen LogP contribution in [0, 0.1) is 28.7 Å². The number of para-hydroxylation sites is 1. The lowest BCUT2D eigenvalue weighted by Crippen LogP contribution is -2.05. The van der Waals surface area contributed by atoms with E-state index in [1.165, 1.54) is 29.1 Å². The average molecular weight is 399 g/mol. The van der Waals surface area contributed by atoms with Crippen LogP contribution in [0.4, 0.5) is 5.69 Å². The number of nitrogens with one attached hydrogen (secondary N) is 1. The van der Waals surface area contributed by atoms with Crippen molar-refractivity contribution in [3.8, 4) is 11.5 Å². The second-order valence-electron chi connectivity index (χ2n) is 6.02. The van der Waals surface area contributed by atoms with Gasteiger partial charge >= 0.3 is 5.69 Å². The molecule has 1 heterocycles. The normalized spacial score (nSPS) is 11.1. The Kier molecular flexibility index (Phi) is 5.50. The van der Waals surface area contributed by atoms with Crippen molar-refractivity contribution < 1.29 is 14.8 Å². The zero-order valence-electron chi connectivity index (χ0n) is 15.1. The predicted octanol–water partition coefficient (Wildman–Crippen LogP) is 3.63. The smallest absolute Gasteiger partial charge is 0.311 e. The van der Waals surface area contributed by atoms with Crippen LogP contribution >= 0.6 is 12.2 Å². The highest BCUT2D eigenvalue weighted by Crippen LogP contribution is 2.26. The molecule has 0 unspecified atom stereocenters. The minimum absolute atomic E-state index is 0.131. The molecule has 2 aromatic carbocycles. The molecule has 0 radical (unpaired) electrons. The number of nitrogens with zero attached hydrogens (tertiary/aromatic N) is 4. The highest BCUT2D eigenvalue weighted by Gasteiger charge is 2.13. The summed E-state index contributed by atoms with van der Waals surface area (Å²) in [5.41, 5.74) is 2.02. The second kappa shape index (κ2) is 8.01. The third-order valence-electron chi connectivity index (χ3n) is 3.99. The fourth-order valence-corrected chi connectivity index (χ4v) is 2.79. The van der Waals surface area contributed by atoms with E-state index in [1.54, 1.807) is 0 Å². The Hall–Kier alpha value is -3.53. The van der Waals surface area contributed by atoms with Crippen LogP contribution < -0.4 is 4.74 Å². The summed E-state index contributed by atoms with van der Waals surface area (Å²) in [6.45, 7) is 4.04. The number of aromatic nitrogens is 3. The van der Waals surface area contributed by atoms with Crippen molar-refractivity contribution in [1.82, 2.24) is 14.9 Å². The zero-order chi connectivity index (χ0) is 20.3. The first-order valence-corrected chi connectivity index (χ1v) is 8.64. The Labute approximate surface area is 165 Å². The van der Waals surface area contributed by atoms with Crippen molar-refractivity contribution in [1.29, 1.82) is 0 Å². The van der Waals surface area contributed by atoms with E-state index in [9.17, 15) is 15.2 Å².